The van der Waals surface area contributed by atoms with Gasteiger partial charge in [-0.1, -0.05) is 48.0 Å². The van der Waals surface area contributed by atoms with Gasteiger partial charge in [0, 0.05) is 55.2 Å². The molecule has 3 aromatic rings. The minimum atomic E-state index is -0.430. The van der Waals surface area contributed by atoms with Crippen molar-refractivity contribution in [1.29, 1.82) is 0 Å². The first-order valence-electron chi connectivity index (χ1n) is 11.8. The molecule has 1 unspecified atom stereocenters. The molecule has 0 bridgehead atoms. The molecule has 3 heterocycles. The van der Waals surface area contributed by atoms with E-state index in [4.69, 9.17) is 4.74 Å². The summed E-state index contributed by atoms with van der Waals surface area (Å²) in [5.41, 5.74) is 4.42. The first-order valence-corrected chi connectivity index (χ1v) is 11.8. The lowest BCUT2D eigenvalue weighted by atomic mass is 9.74. The maximum atomic E-state index is 13.3. The van der Waals surface area contributed by atoms with Gasteiger partial charge in [-0.2, -0.15) is 0 Å². The molecular weight excluding hydrogens is 414 g/mol. The second kappa shape index (κ2) is 9.02. The first kappa shape index (κ1) is 21.7. The molecule has 2 aliphatic rings. The number of aromatic amines is 1. The molecule has 6 nitrogen and oxygen atoms in total. The van der Waals surface area contributed by atoms with Crippen molar-refractivity contribution in [2.75, 3.05) is 19.8 Å². The Hall–Kier alpha value is -3.12. The maximum absolute atomic E-state index is 13.3. The van der Waals surface area contributed by atoms with Crippen molar-refractivity contribution in [3.8, 4) is 0 Å². The summed E-state index contributed by atoms with van der Waals surface area (Å²) in [4.78, 5) is 31.0. The van der Waals surface area contributed by atoms with E-state index in [1.807, 2.05) is 30.5 Å². The molecule has 2 aliphatic heterocycles. The van der Waals surface area contributed by atoms with E-state index in [2.05, 4.69) is 41.5 Å². The van der Waals surface area contributed by atoms with E-state index in [1.165, 1.54) is 11.1 Å². The van der Waals surface area contributed by atoms with Crippen LogP contribution < -0.4 is 5.32 Å². The van der Waals surface area contributed by atoms with E-state index < -0.39 is 6.04 Å². The van der Waals surface area contributed by atoms with E-state index in [0.29, 0.717) is 39.1 Å². The number of hydrogen-bond acceptors (Lipinski definition) is 3. The summed E-state index contributed by atoms with van der Waals surface area (Å²) in [5, 5.41) is 4.31. The van der Waals surface area contributed by atoms with Crippen LogP contribution in [0.1, 0.15) is 42.4 Å². The molecule has 0 aliphatic carbocycles. The molecule has 6 heteroatoms. The smallest absolute Gasteiger partial charge is 0.242 e. The summed E-state index contributed by atoms with van der Waals surface area (Å²) in [7, 11) is 0. The molecule has 2 amide bonds. The Labute approximate surface area is 194 Å². The zero-order valence-corrected chi connectivity index (χ0v) is 19.1. The van der Waals surface area contributed by atoms with Gasteiger partial charge in [0.2, 0.25) is 11.8 Å². The molecule has 2 fully saturated rings. The lowest BCUT2D eigenvalue weighted by molar-refractivity contribution is -0.136. The number of nitrogens with one attached hydrogen (secondary N) is 2. The fourth-order valence-electron chi connectivity index (χ4n) is 5.26. The molecule has 1 aromatic heterocycles. The number of carbonyl (C=O) groups excluding carboxylic acids is 2. The van der Waals surface area contributed by atoms with Crippen LogP contribution in [0, 0.1) is 6.92 Å². The molecule has 2 aromatic carbocycles. The average molecular weight is 446 g/mol. The Morgan fingerprint density at radius 1 is 1.15 bits per heavy atom. The highest BCUT2D eigenvalue weighted by Gasteiger charge is 2.39. The van der Waals surface area contributed by atoms with Crippen LogP contribution in [0.5, 0.6) is 0 Å². The highest BCUT2D eigenvalue weighted by molar-refractivity contribution is 5.91. The summed E-state index contributed by atoms with van der Waals surface area (Å²) in [6.45, 7) is 4.47. The molecule has 33 heavy (non-hydrogen) atoms. The minimum Gasteiger partial charge on any atom is -0.381 e. The van der Waals surface area contributed by atoms with Crippen molar-refractivity contribution in [2.45, 2.75) is 50.6 Å². The van der Waals surface area contributed by atoms with E-state index in [1.54, 1.807) is 4.90 Å². The van der Waals surface area contributed by atoms with Gasteiger partial charge >= 0.3 is 0 Å². The molecule has 172 valence electrons. The Bertz CT molecular complexity index is 1140. The average Bonchev–Trinajstić information content (AvgIpc) is 3.42. The van der Waals surface area contributed by atoms with E-state index >= 15 is 0 Å². The number of hydrogen-bond donors (Lipinski definition) is 2. The van der Waals surface area contributed by atoms with Gasteiger partial charge < -0.3 is 19.9 Å². The molecule has 1 atom stereocenters. The van der Waals surface area contributed by atoms with Gasteiger partial charge in [0.1, 0.15) is 6.04 Å². The first-order chi connectivity index (χ1) is 16.1. The number of ether oxygens (including phenoxy) is 1. The summed E-state index contributed by atoms with van der Waals surface area (Å²) in [6.07, 6.45) is 4.67. The topological polar surface area (TPSA) is 74.4 Å². The molecule has 0 radical (unpaired) electrons. The number of para-hydroxylation sites is 1. The normalized spacial score (nSPS) is 20.3. The summed E-state index contributed by atoms with van der Waals surface area (Å²) in [6, 6.07) is 16.2. The number of carbonyl (C=O) groups is 2. The second-order valence-corrected chi connectivity index (χ2v) is 9.41. The number of aromatic nitrogens is 1. The lowest BCUT2D eigenvalue weighted by Crippen LogP contribution is -2.50. The van der Waals surface area contributed by atoms with Gasteiger partial charge in [0.05, 0.1) is 0 Å². The van der Waals surface area contributed by atoms with Crippen molar-refractivity contribution in [1.82, 2.24) is 15.2 Å². The van der Waals surface area contributed by atoms with Gasteiger partial charge in [0.15, 0.2) is 0 Å². The number of benzene rings is 2. The Balaban J connectivity index is 1.31. The number of amides is 2. The molecule has 0 spiro atoms. The third kappa shape index (κ3) is 4.27. The van der Waals surface area contributed by atoms with E-state index in [-0.39, 0.29) is 17.2 Å². The van der Waals surface area contributed by atoms with Gasteiger partial charge in [0.25, 0.3) is 0 Å². The third-order valence-electron chi connectivity index (χ3n) is 7.36. The summed E-state index contributed by atoms with van der Waals surface area (Å²) >= 11 is 0. The molecule has 2 saturated heterocycles. The maximum Gasteiger partial charge on any atom is 0.242 e. The predicted molar refractivity (Wildman–Crippen MR) is 128 cm³/mol. The van der Waals surface area contributed by atoms with E-state index in [0.717, 1.165) is 29.3 Å². The Kier molecular flexibility index (Phi) is 5.94. The number of likely N-dealkylation sites (tertiary alicyclic amines) is 1. The van der Waals surface area contributed by atoms with Gasteiger partial charge in [-0.05, 0) is 43.4 Å². The zero-order chi connectivity index (χ0) is 22.8. The second-order valence-electron chi connectivity index (χ2n) is 9.41. The van der Waals surface area contributed by atoms with Crippen LogP contribution in [0.4, 0.5) is 0 Å². The fourth-order valence-corrected chi connectivity index (χ4v) is 5.26. The molecule has 0 saturated carbocycles. The predicted octanol–water partition coefficient (Wildman–Crippen LogP) is 3.83. The van der Waals surface area contributed by atoms with Crippen LogP contribution in [0.2, 0.25) is 0 Å². The fraction of sp³-hybridized carbons (Fsp3) is 0.407. The van der Waals surface area contributed by atoms with Crippen molar-refractivity contribution < 1.29 is 14.3 Å². The SMILES string of the molecule is Cc1ccc(C2(CNC(=O)C3CCC(=O)N3Cc3c[nH]c4ccccc34)CCOCC2)cc1. The van der Waals surface area contributed by atoms with Gasteiger partial charge in [-0.3, -0.25) is 9.59 Å². The molecular formula is C27H31N3O3. The molecule has 5 rings (SSSR count). The monoisotopic (exact) mass is 445 g/mol. The van der Waals surface area contributed by atoms with Crippen molar-refractivity contribution in [3.63, 3.8) is 0 Å². The van der Waals surface area contributed by atoms with Crippen molar-refractivity contribution in [3.05, 3.63) is 71.4 Å². The zero-order valence-electron chi connectivity index (χ0n) is 19.1. The quantitative estimate of drug-likeness (QED) is 0.606. The van der Waals surface area contributed by atoms with Crippen LogP contribution >= 0.6 is 0 Å². The Morgan fingerprint density at radius 3 is 2.70 bits per heavy atom. The number of aryl methyl sites for hydroxylation is 1. The van der Waals surface area contributed by atoms with Crippen molar-refractivity contribution >= 4 is 22.7 Å². The van der Waals surface area contributed by atoms with Crippen molar-refractivity contribution in [2.24, 2.45) is 0 Å². The summed E-state index contributed by atoms with van der Waals surface area (Å²) in [5.74, 6) is -0.0154. The number of rotatable bonds is 6. The van der Waals surface area contributed by atoms with Crippen LogP contribution in [0.15, 0.2) is 54.7 Å². The van der Waals surface area contributed by atoms with Crippen LogP contribution in [-0.2, 0) is 26.3 Å². The van der Waals surface area contributed by atoms with Crippen LogP contribution in [-0.4, -0.2) is 47.5 Å². The highest BCUT2D eigenvalue weighted by Crippen LogP contribution is 2.35. The van der Waals surface area contributed by atoms with Crippen LogP contribution in [0.25, 0.3) is 10.9 Å². The van der Waals surface area contributed by atoms with Gasteiger partial charge in [-0.15, -0.1) is 0 Å². The summed E-state index contributed by atoms with van der Waals surface area (Å²) < 4.78 is 5.63. The largest absolute Gasteiger partial charge is 0.381 e. The van der Waals surface area contributed by atoms with E-state index in [9.17, 15) is 9.59 Å². The number of H-pyrrole nitrogens is 1. The highest BCUT2D eigenvalue weighted by atomic mass is 16.5. The van der Waals surface area contributed by atoms with Gasteiger partial charge in [-0.25, -0.2) is 0 Å². The standard InChI is InChI=1S/C27H31N3O3/c1-19-6-8-21(9-7-19)27(12-14-33-15-13-27)18-29-26(32)24-10-11-25(31)30(24)17-20-16-28-23-5-3-2-4-22(20)23/h2-9,16,24,28H,10-15,17-18H2,1H3,(H,29,32). The number of fused-ring (bicyclic) bond motifs is 1. The minimum absolute atomic E-state index is 0.0414. The number of nitrogens with zero attached hydrogens (tertiary/aromatic N) is 1. The Morgan fingerprint density at radius 2 is 1.91 bits per heavy atom. The lowest BCUT2D eigenvalue weighted by Gasteiger charge is -2.38. The van der Waals surface area contributed by atoms with Crippen LogP contribution in [0.3, 0.4) is 0 Å². The third-order valence-corrected chi connectivity index (χ3v) is 7.36. The molecule has 2 N–H and O–H groups in total.